The van der Waals surface area contributed by atoms with Crippen LogP contribution >= 0.6 is 0 Å². The molecule has 0 fully saturated rings. The maximum atomic E-state index is 12.5. The van der Waals surface area contributed by atoms with E-state index in [9.17, 15) is 4.79 Å². The van der Waals surface area contributed by atoms with Gasteiger partial charge >= 0.3 is 0 Å². The summed E-state index contributed by atoms with van der Waals surface area (Å²) in [5, 5.41) is 6.79. The zero-order valence-electron chi connectivity index (χ0n) is 21.2. The Morgan fingerprint density at radius 3 is 2.06 bits per heavy atom. The van der Waals surface area contributed by atoms with Gasteiger partial charge in [-0.25, -0.2) is 0 Å². The number of H-pyrrole nitrogens is 1. The molecule has 10 heteroatoms. The molecule has 0 aromatic carbocycles. The summed E-state index contributed by atoms with van der Waals surface area (Å²) in [6.45, 7) is 25.1. The van der Waals surface area contributed by atoms with Crippen molar-refractivity contribution < 1.29 is 8.85 Å². The molecule has 0 saturated carbocycles. The minimum atomic E-state index is -2.10. The van der Waals surface area contributed by atoms with Crippen LogP contribution in [0.25, 0.3) is 0 Å². The molecule has 31 heavy (non-hydrogen) atoms. The highest BCUT2D eigenvalue weighted by Crippen LogP contribution is 2.41. The quantitative estimate of drug-likeness (QED) is 0.458. The Bertz CT molecular complexity index is 843. The lowest BCUT2D eigenvalue weighted by Crippen LogP contribution is -2.58. The molecule has 0 saturated heterocycles. The van der Waals surface area contributed by atoms with Crippen LogP contribution < -0.4 is 21.9 Å². The smallest absolute Gasteiger partial charge is 0.277 e. The molecular formula is C21H43N5O3Si2. The Labute approximate surface area is 189 Å². The number of rotatable bonds is 6. The largest absolute Gasteiger partial charge is 0.412 e. The van der Waals surface area contributed by atoms with Crippen LogP contribution in [-0.4, -0.2) is 51.4 Å². The van der Waals surface area contributed by atoms with Gasteiger partial charge in [0.1, 0.15) is 5.69 Å². The van der Waals surface area contributed by atoms with E-state index in [0.717, 1.165) is 0 Å². The average molecular weight is 470 g/mol. The number of nitrogens with two attached hydrogens (primary N) is 1. The molecular weight excluding hydrogens is 426 g/mol. The molecule has 1 aliphatic heterocycles. The van der Waals surface area contributed by atoms with E-state index < -0.39 is 16.6 Å². The van der Waals surface area contributed by atoms with Crippen molar-refractivity contribution in [3.05, 3.63) is 10.4 Å². The van der Waals surface area contributed by atoms with E-state index in [1.165, 1.54) is 0 Å². The van der Waals surface area contributed by atoms with Gasteiger partial charge in [-0.2, -0.15) is 4.98 Å². The molecule has 0 spiro atoms. The summed E-state index contributed by atoms with van der Waals surface area (Å²) in [6, 6.07) is -0.145. The van der Waals surface area contributed by atoms with Crippen molar-refractivity contribution in [3.8, 4) is 0 Å². The lowest BCUT2D eigenvalue weighted by atomic mass is 10.0. The summed E-state index contributed by atoms with van der Waals surface area (Å²) in [6.07, 6.45) is -0.371. The predicted molar refractivity (Wildman–Crippen MR) is 135 cm³/mol. The van der Waals surface area contributed by atoms with Crippen molar-refractivity contribution in [2.24, 2.45) is 0 Å². The summed E-state index contributed by atoms with van der Waals surface area (Å²) < 4.78 is 13.7. The van der Waals surface area contributed by atoms with Crippen molar-refractivity contribution in [1.29, 1.82) is 0 Å². The second kappa shape index (κ2) is 8.53. The molecule has 1 aromatic rings. The molecule has 8 nitrogen and oxygen atoms in total. The number of aromatic nitrogens is 2. The molecule has 1 aliphatic rings. The van der Waals surface area contributed by atoms with Gasteiger partial charge in [0.2, 0.25) is 5.95 Å². The van der Waals surface area contributed by atoms with Crippen molar-refractivity contribution in [2.75, 3.05) is 22.9 Å². The molecule has 3 atom stereocenters. The van der Waals surface area contributed by atoms with Gasteiger partial charge in [0.25, 0.3) is 5.56 Å². The summed E-state index contributed by atoms with van der Waals surface area (Å²) in [5.74, 6) is 0.571. The van der Waals surface area contributed by atoms with Gasteiger partial charge in [-0.05, 0) is 43.2 Å². The summed E-state index contributed by atoms with van der Waals surface area (Å²) in [7, 11) is -4.12. The van der Waals surface area contributed by atoms with Crippen molar-refractivity contribution >= 4 is 34.1 Å². The summed E-state index contributed by atoms with van der Waals surface area (Å²) in [4.78, 5) is 19.3. The average Bonchev–Trinajstić information content (AvgIpc) is 2.57. The van der Waals surface area contributed by atoms with E-state index >= 15 is 0 Å². The molecule has 1 aromatic heterocycles. The summed E-state index contributed by atoms with van der Waals surface area (Å²) >= 11 is 0. The van der Waals surface area contributed by atoms with Crippen LogP contribution in [-0.2, 0) is 8.85 Å². The SMILES string of the molecule is C[C@H](O[Si](C)(C)C(C)(C)C)[C@@H](O[Si](C)(C)C(C)(C)C)[C@H]1CNc2nc(N)[nH]c(=O)c2N1. The standard InChI is InChI=1S/C21H43N5O3Si2/c1-13(28-30(8,9)20(2,3)4)16(29-31(10,11)21(5,6)7)14-12-23-17-15(24-14)18(27)26-19(22)25-17/h13-14,16,24H,12H2,1-11H3,(H4,22,23,25,26,27)/t13-,14+,16+/m0/s1. The van der Waals surface area contributed by atoms with Gasteiger partial charge in [-0.15, -0.1) is 0 Å². The van der Waals surface area contributed by atoms with Gasteiger partial charge in [-0.3, -0.25) is 9.78 Å². The first-order valence-electron chi connectivity index (χ1n) is 11.1. The minimum absolute atomic E-state index is 0.0510. The second-order valence-electron chi connectivity index (χ2n) is 11.7. The Morgan fingerprint density at radius 1 is 1.03 bits per heavy atom. The third kappa shape index (κ3) is 5.71. The van der Waals surface area contributed by atoms with E-state index in [0.29, 0.717) is 18.1 Å². The van der Waals surface area contributed by atoms with E-state index in [-0.39, 0.29) is 39.8 Å². The molecule has 2 rings (SSSR count). The highest BCUT2D eigenvalue weighted by Gasteiger charge is 2.46. The predicted octanol–water partition coefficient (Wildman–Crippen LogP) is 4.36. The van der Waals surface area contributed by atoms with E-state index in [1.807, 2.05) is 0 Å². The maximum Gasteiger partial charge on any atom is 0.277 e. The summed E-state index contributed by atoms with van der Waals surface area (Å²) in [5.41, 5.74) is 5.81. The molecule has 0 bridgehead atoms. The first-order chi connectivity index (χ1) is 13.9. The van der Waals surface area contributed by atoms with Gasteiger partial charge in [0.05, 0.1) is 18.2 Å². The zero-order chi connectivity index (χ0) is 24.0. The Balaban J connectivity index is 2.39. The number of nitrogen functional groups attached to an aromatic ring is 1. The third-order valence-corrected chi connectivity index (χ3v) is 16.2. The van der Waals surface area contributed by atoms with E-state index in [4.69, 9.17) is 14.6 Å². The van der Waals surface area contributed by atoms with Crippen LogP contribution in [0.15, 0.2) is 4.79 Å². The number of anilines is 3. The van der Waals surface area contributed by atoms with Crippen LogP contribution in [0.3, 0.4) is 0 Å². The molecule has 0 unspecified atom stereocenters. The van der Waals surface area contributed by atoms with Crippen LogP contribution in [0.2, 0.25) is 36.3 Å². The number of nitrogens with zero attached hydrogens (tertiary/aromatic N) is 1. The van der Waals surface area contributed by atoms with Gasteiger partial charge in [0, 0.05) is 6.54 Å². The fourth-order valence-electron chi connectivity index (χ4n) is 3.12. The number of hydrogen-bond acceptors (Lipinski definition) is 7. The van der Waals surface area contributed by atoms with Crippen molar-refractivity contribution in [3.63, 3.8) is 0 Å². The van der Waals surface area contributed by atoms with E-state index in [2.05, 4.69) is 95.3 Å². The molecule has 0 aliphatic carbocycles. The van der Waals surface area contributed by atoms with Gasteiger partial charge in [0.15, 0.2) is 22.5 Å². The molecule has 5 N–H and O–H groups in total. The Kier molecular flexibility index (Phi) is 7.12. The Hall–Kier alpha value is -1.37. The number of aromatic amines is 1. The van der Waals surface area contributed by atoms with Crippen LogP contribution in [0.5, 0.6) is 0 Å². The van der Waals surface area contributed by atoms with Gasteiger partial charge < -0.3 is 25.2 Å². The zero-order valence-corrected chi connectivity index (χ0v) is 23.2. The van der Waals surface area contributed by atoms with Crippen molar-refractivity contribution in [2.45, 2.75) is 103 Å². The molecule has 0 amide bonds. The first kappa shape index (κ1) is 25.9. The maximum absolute atomic E-state index is 12.5. The molecule has 0 radical (unpaired) electrons. The lowest BCUT2D eigenvalue weighted by molar-refractivity contribution is 0.0364. The lowest BCUT2D eigenvalue weighted by Gasteiger charge is -2.47. The van der Waals surface area contributed by atoms with E-state index in [1.54, 1.807) is 0 Å². The molecule has 2 heterocycles. The number of nitrogens with one attached hydrogen (secondary N) is 3. The second-order valence-corrected chi connectivity index (χ2v) is 21.2. The highest BCUT2D eigenvalue weighted by molar-refractivity contribution is 6.74. The number of fused-ring (bicyclic) bond motifs is 1. The van der Waals surface area contributed by atoms with Crippen LogP contribution in [0.4, 0.5) is 17.5 Å². The fourth-order valence-corrected chi connectivity index (χ4v) is 5.93. The fraction of sp³-hybridized carbons (Fsp3) is 0.810. The third-order valence-electron chi connectivity index (χ3n) is 7.14. The normalized spacial score (nSPS) is 19.8. The molecule has 178 valence electrons. The first-order valence-corrected chi connectivity index (χ1v) is 16.9. The van der Waals surface area contributed by atoms with Gasteiger partial charge in [-0.1, -0.05) is 41.5 Å². The van der Waals surface area contributed by atoms with Crippen LogP contribution in [0.1, 0.15) is 48.5 Å². The number of hydrogen-bond donors (Lipinski definition) is 4. The monoisotopic (exact) mass is 469 g/mol. The minimum Gasteiger partial charge on any atom is -0.412 e. The van der Waals surface area contributed by atoms with Crippen molar-refractivity contribution in [1.82, 2.24) is 9.97 Å². The topological polar surface area (TPSA) is 114 Å². The van der Waals surface area contributed by atoms with Crippen LogP contribution in [0, 0.1) is 0 Å². The Morgan fingerprint density at radius 2 is 1.55 bits per heavy atom. The highest BCUT2D eigenvalue weighted by atomic mass is 28.4.